The quantitative estimate of drug-likeness (QED) is 0.676. The van der Waals surface area contributed by atoms with Gasteiger partial charge in [0.05, 0.1) is 11.3 Å². The van der Waals surface area contributed by atoms with Gasteiger partial charge >= 0.3 is 0 Å². The molecule has 0 aliphatic carbocycles. The van der Waals surface area contributed by atoms with Gasteiger partial charge in [-0.1, -0.05) is 24.3 Å². The number of pyridine rings is 1. The van der Waals surface area contributed by atoms with E-state index in [0.29, 0.717) is 11.1 Å². The van der Waals surface area contributed by atoms with Gasteiger partial charge in [-0.15, -0.1) is 0 Å². The molecule has 0 saturated heterocycles. The normalized spacial score (nSPS) is 12.0. The van der Waals surface area contributed by atoms with E-state index in [4.69, 9.17) is 5.73 Å². The number of allylic oxidation sites excluding steroid dienone is 2. The molecular weight excluding hydrogens is 280 g/mol. The number of nitrogen functional groups attached to an aromatic ring is 1. The monoisotopic (exact) mass is 296 g/mol. The van der Waals surface area contributed by atoms with Crippen LogP contribution < -0.4 is 11.3 Å². The van der Waals surface area contributed by atoms with Gasteiger partial charge in [-0.3, -0.25) is 9.78 Å². The van der Waals surface area contributed by atoms with Gasteiger partial charge in [-0.25, -0.2) is 4.68 Å². The maximum absolute atomic E-state index is 12.2. The molecule has 0 spiro atoms. The van der Waals surface area contributed by atoms with Crippen molar-refractivity contribution in [3.8, 4) is 11.6 Å². The van der Waals surface area contributed by atoms with E-state index in [1.165, 1.54) is 4.68 Å². The van der Waals surface area contributed by atoms with Gasteiger partial charge < -0.3 is 10.8 Å². The van der Waals surface area contributed by atoms with Gasteiger partial charge in [-0.2, -0.15) is 5.10 Å². The second-order valence-electron chi connectivity index (χ2n) is 5.01. The van der Waals surface area contributed by atoms with E-state index >= 15 is 0 Å². The van der Waals surface area contributed by atoms with E-state index in [1.54, 1.807) is 0 Å². The second-order valence-corrected chi connectivity index (χ2v) is 5.01. The van der Waals surface area contributed by atoms with Crippen LogP contribution >= 0.6 is 0 Å². The van der Waals surface area contributed by atoms with Gasteiger partial charge in [0.1, 0.15) is 16.7 Å². The van der Waals surface area contributed by atoms with Crippen molar-refractivity contribution in [3.05, 3.63) is 52.3 Å². The van der Waals surface area contributed by atoms with Crippen molar-refractivity contribution < 1.29 is 5.11 Å². The molecule has 22 heavy (non-hydrogen) atoms. The van der Waals surface area contributed by atoms with Crippen LogP contribution in [0.2, 0.25) is 0 Å². The molecule has 0 unspecified atom stereocenters. The van der Waals surface area contributed by atoms with Crippen molar-refractivity contribution in [2.24, 2.45) is 0 Å². The Morgan fingerprint density at radius 3 is 2.68 bits per heavy atom. The number of hydrogen-bond acceptors (Lipinski definition) is 4. The van der Waals surface area contributed by atoms with Crippen LogP contribution in [-0.2, 0) is 0 Å². The number of para-hydroxylation sites is 1. The fourth-order valence-corrected chi connectivity index (χ4v) is 2.46. The largest absolute Gasteiger partial charge is 0.494 e. The smallest absolute Gasteiger partial charge is 0.264 e. The minimum Gasteiger partial charge on any atom is -0.494 e. The fourth-order valence-electron chi connectivity index (χ4n) is 2.46. The van der Waals surface area contributed by atoms with E-state index in [-0.39, 0.29) is 17.1 Å². The molecule has 3 rings (SSSR count). The van der Waals surface area contributed by atoms with Crippen molar-refractivity contribution in [1.29, 1.82) is 0 Å². The summed E-state index contributed by atoms with van der Waals surface area (Å²) in [4.78, 5) is 14.6. The molecule has 4 N–H and O–H groups in total. The molecule has 0 radical (unpaired) electrons. The summed E-state index contributed by atoms with van der Waals surface area (Å²) in [6.07, 6.45) is 1.84. The molecule has 2 heterocycles. The Bertz CT molecular complexity index is 936. The fraction of sp³-hybridized carbons (Fsp3) is 0.125. The first-order chi connectivity index (χ1) is 10.5. The summed E-state index contributed by atoms with van der Waals surface area (Å²) in [7, 11) is 0. The lowest BCUT2D eigenvalue weighted by atomic mass is 10.1. The van der Waals surface area contributed by atoms with Crippen LogP contribution in [0, 0.1) is 0 Å². The number of rotatable bonds is 2. The molecule has 0 amide bonds. The number of nitrogens with two attached hydrogens (primary N) is 1. The average Bonchev–Trinajstić information content (AvgIpc) is 2.85. The van der Waals surface area contributed by atoms with Crippen molar-refractivity contribution in [3.63, 3.8) is 0 Å². The Labute approximate surface area is 126 Å². The molecule has 2 aromatic heterocycles. The molecule has 112 valence electrons. The molecule has 1 aromatic carbocycles. The number of aromatic amines is 1. The van der Waals surface area contributed by atoms with Crippen molar-refractivity contribution >= 4 is 22.3 Å². The standard InChI is InChI=1S/C16H16N4O2/c1-3-9(2)11-13-12(16(22)18-15(11)21)14(17)20(19-13)10-7-5-4-6-8-10/h3-8,21H,17H2,1-2H3,(H,18,22). The number of aromatic nitrogens is 3. The molecule has 3 aromatic rings. The highest BCUT2D eigenvalue weighted by Crippen LogP contribution is 2.31. The van der Waals surface area contributed by atoms with Crippen LogP contribution in [0.25, 0.3) is 22.2 Å². The molecule has 0 bridgehead atoms. The van der Waals surface area contributed by atoms with E-state index in [2.05, 4.69) is 10.1 Å². The minimum atomic E-state index is -0.458. The number of anilines is 1. The topological polar surface area (TPSA) is 96.9 Å². The third-order valence-electron chi connectivity index (χ3n) is 3.68. The van der Waals surface area contributed by atoms with Crippen LogP contribution in [0.3, 0.4) is 0 Å². The molecular formula is C16H16N4O2. The lowest BCUT2D eigenvalue weighted by molar-refractivity contribution is 0.451. The molecule has 0 saturated carbocycles. The van der Waals surface area contributed by atoms with Gasteiger partial charge in [-0.05, 0) is 31.6 Å². The Hall–Kier alpha value is -3.02. The van der Waals surface area contributed by atoms with Crippen molar-refractivity contribution in [2.45, 2.75) is 13.8 Å². The average molecular weight is 296 g/mol. The number of nitrogens with one attached hydrogen (secondary N) is 1. The lowest BCUT2D eigenvalue weighted by Crippen LogP contribution is -2.09. The minimum absolute atomic E-state index is 0.203. The SMILES string of the molecule is CC=C(C)c1c(O)[nH]c(=O)c2c(N)n(-c3ccccc3)nc12. The molecule has 0 aliphatic heterocycles. The van der Waals surface area contributed by atoms with E-state index in [0.717, 1.165) is 11.3 Å². The summed E-state index contributed by atoms with van der Waals surface area (Å²) in [6, 6.07) is 9.30. The van der Waals surface area contributed by atoms with Crippen LogP contribution in [0.5, 0.6) is 5.88 Å². The first kappa shape index (κ1) is 13.9. The summed E-state index contributed by atoms with van der Waals surface area (Å²) in [5, 5.41) is 14.8. The molecule has 6 heteroatoms. The van der Waals surface area contributed by atoms with Crippen molar-refractivity contribution in [1.82, 2.24) is 14.8 Å². The van der Waals surface area contributed by atoms with Gasteiger partial charge in [0.25, 0.3) is 5.56 Å². The lowest BCUT2D eigenvalue weighted by Gasteiger charge is -2.04. The second kappa shape index (κ2) is 5.07. The highest BCUT2D eigenvalue weighted by Gasteiger charge is 2.20. The maximum atomic E-state index is 12.2. The third-order valence-corrected chi connectivity index (χ3v) is 3.68. The summed E-state index contributed by atoms with van der Waals surface area (Å²) in [6.45, 7) is 3.69. The Kier molecular flexibility index (Phi) is 3.21. The van der Waals surface area contributed by atoms with Gasteiger partial charge in [0, 0.05) is 0 Å². The Morgan fingerprint density at radius 1 is 1.36 bits per heavy atom. The van der Waals surface area contributed by atoms with Crippen LogP contribution in [0.1, 0.15) is 19.4 Å². The summed E-state index contributed by atoms with van der Waals surface area (Å²) < 4.78 is 1.51. The number of nitrogens with zero attached hydrogens (tertiary/aromatic N) is 2. The van der Waals surface area contributed by atoms with Crippen LogP contribution in [0.15, 0.2) is 41.2 Å². The van der Waals surface area contributed by atoms with Gasteiger partial charge in [0.15, 0.2) is 0 Å². The van der Waals surface area contributed by atoms with Crippen LogP contribution in [0.4, 0.5) is 5.82 Å². The van der Waals surface area contributed by atoms with Crippen molar-refractivity contribution in [2.75, 3.05) is 5.73 Å². The zero-order valence-electron chi connectivity index (χ0n) is 12.3. The first-order valence-electron chi connectivity index (χ1n) is 6.86. The predicted octanol–water partition coefficient (Wildman–Crippen LogP) is 2.42. The third kappa shape index (κ3) is 1.96. The summed E-state index contributed by atoms with van der Waals surface area (Å²) in [5.41, 5.74) is 8.08. The molecule has 0 atom stereocenters. The number of fused-ring (bicyclic) bond motifs is 1. The zero-order chi connectivity index (χ0) is 15.9. The maximum Gasteiger partial charge on any atom is 0.264 e. The summed E-state index contributed by atoms with van der Waals surface area (Å²) in [5.74, 6) is 0.0402. The summed E-state index contributed by atoms with van der Waals surface area (Å²) >= 11 is 0. The highest BCUT2D eigenvalue weighted by molar-refractivity contribution is 5.97. The van der Waals surface area contributed by atoms with E-state index < -0.39 is 5.56 Å². The van der Waals surface area contributed by atoms with E-state index in [9.17, 15) is 9.90 Å². The Morgan fingerprint density at radius 2 is 2.05 bits per heavy atom. The van der Waals surface area contributed by atoms with E-state index in [1.807, 2.05) is 50.3 Å². The highest BCUT2D eigenvalue weighted by atomic mass is 16.3. The molecule has 6 nitrogen and oxygen atoms in total. The number of H-pyrrole nitrogens is 1. The number of aromatic hydroxyl groups is 1. The number of hydrogen-bond donors (Lipinski definition) is 3. The zero-order valence-corrected chi connectivity index (χ0v) is 12.3. The number of benzene rings is 1. The van der Waals surface area contributed by atoms with Gasteiger partial charge in [0.2, 0.25) is 5.88 Å². The molecule has 0 aliphatic rings. The predicted molar refractivity (Wildman–Crippen MR) is 87.1 cm³/mol. The van der Waals surface area contributed by atoms with Crippen LogP contribution in [-0.4, -0.2) is 19.9 Å². The Balaban J connectivity index is 2.44. The molecule has 0 fully saturated rings. The first-order valence-corrected chi connectivity index (χ1v) is 6.86.